The van der Waals surface area contributed by atoms with Crippen molar-refractivity contribution in [1.29, 1.82) is 5.26 Å². The molecule has 0 unspecified atom stereocenters. The Morgan fingerprint density at radius 1 is 1.25 bits per heavy atom. The number of carbonyl (C=O) groups excluding carboxylic acids is 1. The number of aromatic carboxylic acids is 1. The van der Waals surface area contributed by atoms with E-state index in [4.69, 9.17) is 22.0 Å². The van der Waals surface area contributed by atoms with Crippen LogP contribution in [-0.4, -0.2) is 17.0 Å². The largest absolute Gasteiger partial charge is 0.477 e. The first-order valence-corrected chi connectivity index (χ1v) is 6.55. The molecule has 1 aromatic carbocycles. The quantitative estimate of drug-likeness (QED) is 0.911. The van der Waals surface area contributed by atoms with Gasteiger partial charge < -0.3 is 10.4 Å². The van der Waals surface area contributed by atoms with Gasteiger partial charge in [0.1, 0.15) is 4.88 Å². The van der Waals surface area contributed by atoms with Crippen LogP contribution in [0.3, 0.4) is 0 Å². The lowest BCUT2D eigenvalue weighted by Crippen LogP contribution is -2.10. The third-order valence-corrected chi connectivity index (χ3v) is 3.79. The van der Waals surface area contributed by atoms with E-state index >= 15 is 0 Å². The van der Waals surface area contributed by atoms with Gasteiger partial charge in [0.25, 0.3) is 5.91 Å². The zero-order valence-corrected chi connectivity index (χ0v) is 11.5. The number of anilines is 1. The molecule has 0 atom stereocenters. The molecule has 20 heavy (non-hydrogen) atoms. The number of hydrogen-bond acceptors (Lipinski definition) is 4. The monoisotopic (exact) mass is 306 g/mol. The number of rotatable bonds is 3. The van der Waals surface area contributed by atoms with Crippen LogP contribution in [0.25, 0.3) is 0 Å². The van der Waals surface area contributed by atoms with Gasteiger partial charge in [-0.3, -0.25) is 4.79 Å². The second-order valence-corrected chi connectivity index (χ2v) is 5.22. The van der Waals surface area contributed by atoms with Crippen molar-refractivity contribution in [2.75, 3.05) is 5.32 Å². The predicted octanol–water partition coefficient (Wildman–Crippen LogP) is 3.22. The molecule has 5 nitrogen and oxygen atoms in total. The maximum atomic E-state index is 12.0. The van der Waals surface area contributed by atoms with Gasteiger partial charge in [0.15, 0.2) is 0 Å². The molecule has 1 heterocycles. The van der Waals surface area contributed by atoms with Gasteiger partial charge in [-0.1, -0.05) is 11.6 Å². The average molecular weight is 307 g/mol. The molecule has 0 bridgehead atoms. The Hall–Kier alpha value is -2.36. The number of hydrogen-bond donors (Lipinski definition) is 2. The van der Waals surface area contributed by atoms with Crippen LogP contribution in [0, 0.1) is 11.3 Å². The van der Waals surface area contributed by atoms with Crippen LogP contribution in [0.2, 0.25) is 5.02 Å². The molecule has 2 aromatic rings. The van der Waals surface area contributed by atoms with Crippen molar-refractivity contribution in [2.24, 2.45) is 0 Å². The van der Waals surface area contributed by atoms with Crippen molar-refractivity contribution < 1.29 is 14.7 Å². The number of carboxylic acid groups (broad SMARTS) is 1. The van der Waals surface area contributed by atoms with E-state index in [2.05, 4.69) is 5.32 Å². The molecule has 0 spiro atoms. The van der Waals surface area contributed by atoms with Crippen LogP contribution in [0.1, 0.15) is 24.9 Å². The average Bonchev–Trinajstić information content (AvgIpc) is 2.91. The number of nitrogens with zero attached hydrogens (tertiary/aromatic N) is 1. The minimum atomic E-state index is -1.08. The molecule has 2 N–H and O–H groups in total. The molecule has 0 aliphatic heterocycles. The topological polar surface area (TPSA) is 90.2 Å². The number of carboxylic acids is 1. The van der Waals surface area contributed by atoms with E-state index in [1.54, 1.807) is 0 Å². The highest BCUT2D eigenvalue weighted by Crippen LogP contribution is 2.24. The van der Waals surface area contributed by atoms with E-state index in [1.807, 2.05) is 6.07 Å². The summed E-state index contributed by atoms with van der Waals surface area (Å²) >= 11 is 6.79. The summed E-state index contributed by atoms with van der Waals surface area (Å²) in [5, 5.41) is 20.5. The molecule has 0 saturated heterocycles. The summed E-state index contributed by atoms with van der Waals surface area (Å²) in [5.74, 6) is -1.56. The maximum Gasteiger partial charge on any atom is 0.345 e. The summed E-state index contributed by atoms with van der Waals surface area (Å²) in [6.07, 6.45) is 0. The number of amides is 1. The summed E-state index contributed by atoms with van der Waals surface area (Å²) in [7, 11) is 0. The Bertz CT molecular complexity index is 733. The van der Waals surface area contributed by atoms with Gasteiger partial charge in [0.2, 0.25) is 0 Å². The summed E-state index contributed by atoms with van der Waals surface area (Å²) in [4.78, 5) is 23.0. The number of nitriles is 1. The Morgan fingerprint density at radius 3 is 2.55 bits per heavy atom. The zero-order valence-electron chi connectivity index (χ0n) is 9.88. The summed E-state index contributed by atoms with van der Waals surface area (Å²) < 4.78 is 0. The molecule has 2 rings (SSSR count). The summed E-state index contributed by atoms with van der Waals surface area (Å²) in [6, 6.07) is 9.21. The van der Waals surface area contributed by atoms with Crippen molar-refractivity contribution in [1.82, 2.24) is 0 Å². The summed E-state index contributed by atoms with van der Waals surface area (Å²) in [5.41, 5.74) is 0.670. The van der Waals surface area contributed by atoms with Gasteiger partial charge in [-0.25, -0.2) is 4.79 Å². The molecule has 0 aliphatic rings. The van der Waals surface area contributed by atoms with Crippen LogP contribution >= 0.6 is 22.9 Å². The number of benzene rings is 1. The summed E-state index contributed by atoms with van der Waals surface area (Å²) in [6.45, 7) is 0. The Kier molecular flexibility index (Phi) is 4.03. The van der Waals surface area contributed by atoms with Crippen LogP contribution in [0.15, 0.2) is 30.3 Å². The minimum absolute atomic E-state index is 0.0759. The molecule has 7 heteroatoms. The van der Waals surface area contributed by atoms with Gasteiger partial charge >= 0.3 is 5.97 Å². The first kappa shape index (κ1) is 14.1. The lowest BCUT2D eigenvalue weighted by Gasteiger charge is -2.06. The van der Waals surface area contributed by atoms with Gasteiger partial charge in [-0.2, -0.15) is 5.26 Å². The molecule has 100 valence electrons. The van der Waals surface area contributed by atoms with E-state index in [-0.39, 0.29) is 9.75 Å². The van der Waals surface area contributed by atoms with Crippen molar-refractivity contribution in [2.45, 2.75) is 0 Å². The molecule has 1 amide bonds. The molecule has 0 radical (unpaired) electrons. The first-order valence-electron chi connectivity index (χ1n) is 5.35. The highest BCUT2D eigenvalue weighted by Gasteiger charge is 2.14. The Morgan fingerprint density at radius 2 is 1.95 bits per heavy atom. The third-order valence-electron chi connectivity index (χ3n) is 2.38. The number of carbonyl (C=O) groups is 2. The van der Waals surface area contributed by atoms with Crippen LogP contribution in [0.5, 0.6) is 0 Å². The van der Waals surface area contributed by atoms with Crippen molar-refractivity contribution >= 4 is 40.5 Å². The lowest BCUT2D eigenvalue weighted by atomic mass is 10.2. The number of thiophene rings is 1. The Labute approximate surface area is 123 Å². The Balaban J connectivity index is 2.23. The predicted molar refractivity (Wildman–Crippen MR) is 75.4 cm³/mol. The lowest BCUT2D eigenvalue weighted by molar-refractivity contribution is 0.0702. The highest BCUT2D eigenvalue weighted by atomic mass is 35.5. The molecule has 0 fully saturated rings. The van der Waals surface area contributed by atoms with E-state index in [1.165, 1.54) is 30.3 Å². The molecule has 0 aliphatic carbocycles. The van der Waals surface area contributed by atoms with Crippen LogP contribution in [0.4, 0.5) is 5.69 Å². The standard InChI is InChI=1S/C13H7ClN2O3S/c14-8-2-1-7(6-15)5-9(8)16-12(17)10-3-4-11(20-10)13(18)19/h1-5H,(H,16,17)(H,18,19). The van der Waals surface area contributed by atoms with Gasteiger partial charge in [0, 0.05) is 0 Å². The molecule has 0 saturated carbocycles. The smallest absolute Gasteiger partial charge is 0.345 e. The van der Waals surface area contributed by atoms with Crippen molar-refractivity contribution in [3.8, 4) is 6.07 Å². The highest BCUT2D eigenvalue weighted by molar-refractivity contribution is 7.16. The second kappa shape index (κ2) is 5.74. The van der Waals surface area contributed by atoms with Gasteiger partial charge in [-0.15, -0.1) is 11.3 Å². The van der Waals surface area contributed by atoms with Crippen molar-refractivity contribution in [3.05, 3.63) is 50.7 Å². The molecule has 1 aromatic heterocycles. The minimum Gasteiger partial charge on any atom is -0.477 e. The normalized spacial score (nSPS) is 9.80. The molecular weight excluding hydrogens is 300 g/mol. The fourth-order valence-corrected chi connectivity index (χ4v) is 2.35. The van der Waals surface area contributed by atoms with E-state index in [0.29, 0.717) is 16.3 Å². The SMILES string of the molecule is N#Cc1ccc(Cl)c(NC(=O)c2ccc(C(=O)O)s2)c1. The zero-order chi connectivity index (χ0) is 14.7. The first-order chi connectivity index (χ1) is 9.51. The van der Waals surface area contributed by atoms with Crippen LogP contribution < -0.4 is 5.32 Å². The number of halogens is 1. The fraction of sp³-hybridized carbons (Fsp3) is 0. The number of nitrogens with one attached hydrogen (secondary N) is 1. The second-order valence-electron chi connectivity index (χ2n) is 3.73. The molecular formula is C13H7ClN2O3S. The fourth-order valence-electron chi connectivity index (χ4n) is 1.45. The van der Waals surface area contributed by atoms with E-state index < -0.39 is 11.9 Å². The maximum absolute atomic E-state index is 12.0. The van der Waals surface area contributed by atoms with Crippen LogP contribution in [-0.2, 0) is 0 Å². The van der Waals surface area contributed by atoms with Gasteiger partial charge in [0.05, 0.1) is 27.2 Å². The van der Waals surface area contributed by atoms with Crippen molar-refractivity contribution in [3.63, 3.8) is 0 Å². The van der Waals surface area contributed by atoms with E-state index in [9.17, 15) is 9.59 Å². The van der Waals surface area contributed by atoms with Gasteiger partial charge in [-0.05, 0) is 30.3 Å². The third kappa shape index (κ3) is 2.96. The van der Waals surface area contributed by atoms with E-state index in [0.717, 1.165) is 11.3 Å².